The third kappa shape index (κ3) is 6.24. The van der Waals surface area contributed by atoms with Crippen LogP contribution in [0, 0.1) is 0 Å². The molecule has 1 heterocycles. The number of thiazole rings is 1. The van der Waals surface area contributed by atoms with Gasteiger partial charge in [-0.3, -0.25) is 14.5 Å². The molecule has 0 saturated carbocycles. The molecular weight excluding hydrogens is 350 g/mol. The first-order valence-corrected chi connectivity index (χ1v) is 9.68. The number of carbonyl (C=O) groups excluding carboxylic acids is 1. The van der Waals surface area contributed by atoms with Crippen LogP contribution in [0.1, 0.15) is 32.3 Å². The molecule has 0 aliphatic rings. The van der Waals surface area contributed by atoms with Crippen molar-refractivity contribution in [3.63, 3.8) is 0 Å². The second-order valence-electron chi connectivity index (χ2n) is 6.14. The maximum atomic E-state index is 12.2. The van der Waals surface area contributed by atoms with E-state index < -0.39 is 5.97 Å². The van der Waals surface area contributed by atoms with Crippen molar-refractivity contribution in [3.05, 3.63) is 35.2 Å². The number of carboxylic acids is 1. The van der Waals surface area contributed by atoms with Gasteiger partial charge in [0, 0.05) is 10.9 Å². The van der Waals surface area contributed by atoms with Crippen LogP contribution in [0.15, 0.2) is 29.6 Å². The number of aliphatic carboxylic acids is 1. The van der Waals surface area contributed by atoms with E-state index in [9.17, 15) is 9.59 Å². The zero-order valence-corrected chi connectivity index (χ0v) is 16.0. The molecule has 1 aromatic carbocycles. The summed E-state index contributed by atoms with van der Waals surface area (Å²) in [4.78, 5) is 29.1. The standard InChI is InChI=1S/C19H25N3O3S/c1-3-5-14-6-8-15(9-7-14)16-13-26-19(20-16)21-17(23)11-22(10-4-2)12-18(24)25/h6-9,13H,3-5,10-12H2,1-2H3,(H,24,25)(H,20,21,23). The molecule has 0 atom stereocenters. The smallest absolute Gasteiger partial charge is 0.317 e. The molecule has 0 unspecified atom stereocenters. The van der Waals surface area contributed by atoms with Crippen LogP contribution in [0.5, 0.6) is 0 Å². The lowest BCUT2D eigenvalue weighted by atomic mass is 10.1. The van der Waals surface area contributed by atoms with Crippen molar-refractivity contribution < 1.29 is 14.7 Å². The second kappa shape index (κ2) is 10.0. The highest BCUT2D eigenvalue weighted by Crippen LogP contribution is 2.25. The molecule has 1 aromatic heterocycles. The van der Waals surface area contributed by atoms with Crippen molar-refractivity contribution in [2.75, 3.05) is 25.0 Å². The van der Waals surface area contributed by atoms with Gasteiger partial charge in [-0.1, -0.05) is 44.5 Å². The van der Waals surface area contributed by atoms with Gasteiger partial charge in [0.05, 0.1) is 18.8 Å². The Morgan fingerprint density at radius 1 is 1.15 bits per heavy atom. The number of benzene rings is 1. The lowest BCUT2D eigenvalue weighted by Gasteiger charge is -2.18. The first-order valence-electron chi connectivity index (χ1n) is 8.80. The van der Waals surface area contributed by atoms with Crippen molar-refractivity contribution in [1.29, 1.82) is 0 Å². The van der Waals surface area contributed by atoms with Crippen molar-refractivity contribution in [2.45, 2.75) is 33.1 Å². The second-order valence-corrected chi connectivity index (χ2v) is 7.00. The number of carbonyl (C=O) groups is 2. The molecule has 0 radical (unpaired) electrons. The normalized spacial score (nSPS) is 10.9. The largest absolute Gasteiger partial charge is 0.480 e. The van der Waals surface area contributed by atoms with Gasteiger partial charge >= 0.3 is 5.97 Å². The lowest BCUT2D eigenvalue weighted by Crippen LogP contribution is -2.37. The highest BCUT2D eigenvalue weighted by molar-refractivity contribution is 7.14. The van der Waals surface area contributed by atoms with Gasteiger partial charge in [0.25, 0.3) is 0 Å². The van der Waals surface area contributed by atoms with Crippen LogP contribution < -0.4 is 5.32 Å². The van der Waals surface area contributed by atoms with Gasteiger partial charge in [-0.2, -0.15) is 0 Å². The molecule has 26 heavy (non-hydrogen) atoms. The molecule has 2 N–H and O–H groups in total. The number of nitrogens with zero attached hydrogens (tertiary/aromatic N) is 2. The predicted molar refractivity (Wildman–Crippen MR) is 105 cm³/mol. The van der Waals surface area contributed by atoms with E-state index in [1.54, 1.807) is 4.90 Å². The Balaban J connectivity index is 1.96. The number of aryl methyl sites for hydroxylation is 1. The Morgan fingerprint density at radius 2 is 1.88 bits per heavy atom. The van der Waals surface area contributed by atoms with E-state index in [4.69, 9.17) is 5.11 Å². The quantitative estimate of drug-likeness (QED) is 0.664. The van der Waals surface area contributed by atoms with Gasteiger partial charge in [-0.25, -0.2) is 4.98 Å². The van der Waals surface area contributed by atoms with E-state index >= 15 is 0 Å². The summed E-state index contributed by atoms with van der Waals surface area (Å²) in [6.07, 6.45) is 2.96. The maximum Gasteiger partial charge on any atom is 0.317 e. The minimum atomic E-state index is -0.936. The molecule has 0 aliphatic heterocycles. The van der Waals surface area contributed by atoms with E-state index in [1.165, 1.54) is 16.9 Å². The Hall–Kier alpha value is -2.25. The molecule has 2 aromatic rings. The number of carboxylic acid groups (broad SMARTS) is 1. The van der Waals surface area contributed by atoms with E-state index in [-0.39, 0.29) is 19.0 Å². The number of nitrogens with one attached hydrogen (secondary N) is 1. The highest BCUT2D eigenvalue weighted by Gasteiger charge is 2.14. The van der Waals surface area contributed by atoms with E-state index in [2.05, 4.69) is 29.4 Å². The summed E-state index contributed by atoms with van der Waals surface area (Å²) in [5.41, 5.74) is 3.14. The van der Waals surface area contributed by atoms with Gasteiger partial charge in [-0.05, 0) is 24.9 Å². The molecule has 0 aliphatic carbocycles. The monoisotopic (exact) mass is 375 g/mol. The summed E-state index contributed by atoms with van der Waals surface area (Å²) in [6.45, 7) is 4.56. The number of hydrogen-bond donors (Lipinski definition) is 2. The Bertz CT molecular complexity index is 728. The van der Waals surface area contributed by atoms with Gasteiger partial charge in [0.2, 0.25) is 5.91 Å². The van der Waals surface area contributed by atoms with Crippen molar-refractivity contribution in [3.8, 4) is 11.3 Å². The van der Waals surface area contributed by atoms with Crippen LogP contribution in [0.25, 0.3) is 11.3 Å². The van der Waals surface area contributed by atoms with Gasteiger partial charge in [-0.15, -0.1) is 11.3 Å². The average Bonchev–Trinajstić information content (AvgIpc) is 3.03. The topological polar surface area (TPSA) is 82.5 Å². The minimum absolute atomic E-state index is 0.0424. The number of hydrogen-bond acceptors (Lipinski definition) is 5. The van der Waals surface area contributed by atoms with Crippen LogP contribution in [-0.4, -0.2) is 46.5 Å². The molecule has 6 nitrogen and oxygen atoms in total. The third-order valence-electron chi connectivity index (χ3n) is 3.80. The zero-order chi connectivity index (χ0) is 18.9. The highest BCUT2D eigenvalue weighted by atomic mass is 32.1. The minimum Gasteiger partial charge on any atom is -0.480 e. The summed E-state index contributed by atoms with van der Waals surface area (Å²) >= 11 is 1.36. The van der Waals surface area contributed by atoms with Crippen molar-refractivity contribution in [2.24, 2.45) is 0 Å². The Labute approximate surface area is 157 Å². The fraction of sp³-hybridized carbons (Fsp3) is 0.421. The molecule has 140 valence electrons. The molecule has 0 saturated heterocycles. The van der Waals surface area contributed by atoms with Crippen LogP contribution in [-0.2, 0) is 16.0 Å². The van der Waals surface area contributed by atoms with Gasteiger partial charge in [0.1, 0.15) is 0 Å². The van der Waals surface area contributed by atoms with Crippen LogP contribution in [0.4, 0.5) is 5.13 Å². The van der Waals surface area contributed by atoms with Gasteiger partial charge < -0.3 is 10.4 Å². The lowest BCUT2D eigenvalue weighted by molar-refractivity contribution is -0.138. The maximum absolute atomic E-state index is 12.2. The SMILES string of the molecule is CCCc1ccc(-c2csc(NC(=O)CN(CCC)CC(=O)O)n2)cc1. The molecular formula is C19H25N3O3S. The molecule has 0 spiro atoms. The predicted octanol–water partition coefficient (Wildman–Crippen LogP) is 3.50. The van der Waals surface area contributed by atoms with E-state index in [0.29, 0.717) is 11.7 Å². The summed E-state index contributed by atoms with van der Waals surface area (Å²) in [5.74, 6) is -1.19. The van der Waals surface area contributed by atoms with Gasteiger partial charge in [0.15, 0.2) is 5.13 Å². The Morgan fingerprint density at radius 3 is 2.50 bits per heavy atom. The first-order chi connectivity index (χ1) is 12.5. The molecule has 0 bridgehead atoms. The average molecular weight is 375 g/mol. The summed E-state index contributed by atoms with van der Waals surface area (Å²) in [6, 6.07) is 8.29. The molecule has 7 heteroatoms. The fourth-order valence-electron chi connectivity index (χ4n) is 2.68. The number of anilines is 1. The summed E-state index contributed by atoms with van der Waals surface area (Å²) < 4.78 is 0. The van der Waals surface area contributed by atoms with Crippen LogP contribution in [0.2, 0.25) is 0 Å². The van der Waals surface area contributed by atoms with E-state index in [1.807, 2.05) is 24.4 Å². The summed E-state index contributed by atoms with van der Waals surface area (Å²) in [5, 5.41) is 14.1. The van der Waals surface area contributed by atoms with Crippen molar-refractivity contribution >= 4 is 28.3 Å². The van der Waals surface area contributed by atoms with Crippen LogP contribution in [0.3, 0.4) is 0 Å². The summed E-state index contributed by atoms with van der Waals surface area (Å²) in [7, 11) is 0. The molecule has 2 rings (SSSR count). The first kappa shape index (κ1) is 20.1. The van der Waals surface area contributed by atoms with Crippen molar-refractivity contribution in [1.82, 2.24) is 9.88 Å². The fourth-order valence-corrected chi connectivity index (χ4v) is 3.41. The molecule has 1 amide bonds. The third-order valence-corrected chi connectivity index (χ3v) is 4.56. The zero-order valence-electron chi connectivity index (χ0n) is 15.2. The number of aromatic nitrogens is 1. The molecule has 0 fully saturated rings. The number of amides is 1. The Kier molecular flexibility index (Phi) is 7.74. The van der Waals surface area contributed by atoms with Crippen LogP contribution >= 0.6 is 11.3 Å². The number of rotatable bonds is 10. The van der Waals surface area contributed by atoms with E-state index in [0.717, 1.165) is 30.5 Å².